The van der Waals surface area contributed by atoms with Gasteiger partial charge in [-0.1, -0.05) is 0 Å². The van der Waals surface area contributed by atoms with E-state index in [-0.39, 0.29) is 25.8 Å². The molecule has 27 heavy (non-hydrogen) atoms. The Hall–Kier alpha value is -0.270. The molecule has 0 aliphatic rings. The van der Waals surface area contributed by atoms with Crippen LogP contribution in [0.4, 0.5) is 65.9 Å². The summed E-state index contributed by atoms with van der Waals surface area (Å²) in [7, 11) is -7.76. The third-order valence-corrected chi connectivity index (χ3v) is 3.53. The van der Waals surface area contributed by atoms with E-state index in [1.807, 2.05) is 0 Å². The summed E-state index contributed by atoms with van der Waals surface area (Å²) in [5.41, 5.74) is 0. The summed E-state index contributed by atoms with van der Waals surface area (Å²) in [5.74, 6) is -42.0. The number of alkyl halides is 15. The van der Waals surface area contributed by atoms with Crippen LogP contribution in [0.15, 0.2) is 0 Å². The molecule has 0 aliphatic carbocycles. The van der Waals surface area contributed by atoms with E-state index in [2.05, 4.69) is 0 Å². The molecule has 20 heteroatoms. The summed E-state index contributed by atoms with van der Waals surface area (Å²) in [6, 6.07) is 0. The third-order valence-electron chi connectivity index (χ3n) is 2.62. The molecule has 0 aromatic heterocycles. The Balaban J connectivity index is 0. The van der Waals surface area contributed by atoms with Crippen LogP contribution in [0.1, 0.15) is 0 Å². The van der Waals surface area contributed by atoms with Gasteiger partial charge in [-0.3, -0.25) is 4.55 Å². The molecule has 0 saturated heterocycles. The molecule has 0 heterocycles. The van der Waals surface area contributed by atoms with E-state index >= 15 is 0 Å². The second kappa shape index (κ2) is 6.91. The van der Waals surface area contributed by atoms with Crippen LogP contribution in [0, 0.1) is 0 Å². The first-order valence-electron chi connectivity index (χ1n) is 5.05. The number of halogens is 15. The van der Waals surface area contributed by atoms with Crippen molar-refractivity contribution in [3.8, 4) is 0 Å². The van der Waals surface area contributed by atoms with Crippen LogP contribution >= 0.6 is 0 Å². The molecule has 0 rings (SSSR count). The SMILES string of the molecule is O=S(=O)(O)C(F)(F)C(F)(F)C(F)(F)C(F)(F)C(F)(F)C(F)(F)C(F)(F)F.[InH3]. The van der Waals surface area contributed by atoms with Gasteiger partial charge in [-0.15, -0.1) is 0 Å². The van der Waals surface area contributed by atoms with Gasteiger partial charge < -0.3 is 0 Å². The maximum absolute atomic E-state index is 12.9. The Morgan fingerprint density at radius 3 is 0.926 bits per heavy atom. The first-order chi connectivity index (χ1) is 10.8. The second-order valence-corrected chi connectivity index (χ2v) is 5.82. The third kappa shape index (κ3) is 3.68. The van der Waals surface area contributed by atoms with Crippen molar-refractivity contribution in [3.05, 3.63) is 0 Å². The Kier molecular flexibility index (Phi) is 7.40. The van der Waals surface area contributed by atoms with E-state index in [4.69, 9.17) is 4.55 Å². The van der Waals surface area contributed by atoms with E-state index in [1.165, 1.54) is 0 Å². The molecule has 0 unspecified atom stereocenters. The van der Waals surface area contributed by atoms with Gasteiger partial charge >= 0.3 is 77.0 Å². The van der Waals surface area contributed by atoms with Gasteiger partial charge in [-0.05, 0) is 0 Å². The minimum atomic E-state index is -8.60. The van der Waals surface area contributed by atoms with Crippen LogP contribution < -0.4 is 0 Å². The van der Waals surface area contributed by atoms with Crippen molar-refractivity contribution in [2.45, 2.75) is 41.0 Å². The molecule has 0 aliphatic heterocycles. The molecule has 0 atom stereocenters. The van der Waals surface area contributed by atoms with E-state index in [1.54, 1.807) is 0 Å². The van der Waals surface area contributed by atoms with Crippen molar-refractivity contribution in [2.24, 2.45) is 0 Å². The molecule has 3 nitrogen and oxygen atoms in total. The molecule has 0 saturated carbocycles. The first kappa shape index (κ1) is 28.9. The van der Waals surface area contributed by atoms with Gasteiger partial charge in [-0.25, -0.2) is 0 Å². The van der Waals surface area contributed by atoms with Crippen molar-refractivity contribution < 1.29 is 78.8 Å². The fraction of sp³-hybridized carbons (Fsp3) is 1.00. The number of rotatable bonds is 6. The van der Waals surface area contributed by atoms with Gasteiger partial charge in [0.15, 0.2) is 0 Å². The average Bonchev–Trinajstić information content (AvgIpc) is 2.34. The summed E-state index contributed by atoms with van der Waals surface area (Å²) in [6.45, 7) is 0. The van der Waals surface area contributed by atoms with E-state index < -0.39 is 51.2 Å². The zero-order chi connectivity index (χ0) is 22.0. The molecule has 0 fully saturated rings. The van der Waals surface area contributed by atoms with Gasteiger partial charge in [-0.2, -0.15) is 74.3 Å². The Morgan fingerprint density at radius 1 is 0.481 bits per heavy atom. The molecule has 0 amide bonds. The van der Waals surface area contributed by atoms with E-state index in [9.17, 15) is 74.3 Å². The summed E-state index contributed by atoms with van der Waals surface area (Å²) >= 11 is 0. The zero-order valence-electron chi connectivity index (χ0n) is 10.8. The molecule has 0 radical (unpaired) electrons. The van der Waals surface area contributed by atoms with Crippen molar-refractivity contribution in [3.63, 3.8) is 0 Å². The van der Waals surface area contributed by atoms with Crippen LogP contribution in [0.3, 0.4) is 0 Å². The van der Waals surface area contributed by atoms with Gasteiger partial charge in [0.2, 0.25) is 0 Å². The van der Waals surface area contributed by atoms with E-state index in [0.29, 0.717) is 0 Å². The fourth-order valence-corrected chi connectivity index (χ4v) is 1.57. The molecule has 0 aromatic carbocycles. The minimum absolute atomic E-state index is 0. The van der Waals surface area contributed by atoms with Gasteiger partial charge in [0.05, 0.1) is 0 Å². The Bertz CT molecular complexity index is 651. The van der Waals surface area contributed by atoms with Crippen LogP contribution in [0.5, 0.6) is 0 Å². The molecule has 1 N–H and O–H groups in total. The fourth-order valence-electron chi connectivity index (χ4n) is 1.11. The Labute approximate surface area is 156 Å². The Morgan fingerprint density at radius 2 is 0.704 bits per heavy atom. The summed E-state index contributed by atoms with van der Waals surface area (Å²) in [5, 5.41) is -7.70. The zero-order valence-corrected chi connectivity index (χ0v) is 11.7. The van der Waals surface area contributed by atoms with Crippen molar-refractivity contribution in [1.29, 1.82) is 0 Å². The normalized spacial score (nSPS) is 16.1. The van der Waals surface area contributed by atoms with E-state index in [0.717, 1.165) is 0 Å². The molecule has 164 valence electrons. The summed E-state index contributed by atoms with van der Waals surface area (Å²) in [6.07, 6.45) is -7.75. The second-order valence-electron chi connectivity index (χ2n) is 4.36. The van der Waals surface area contributed by atoms with Crippen molar-refractivity contribution in [1.82, 2.24) is 0 Å². The monoisotopic (exact) mass is 568 g/mol. The van der Waals surface area contributed by atoms with Crippen LogP contribution in [-0.2, 0) is 10.1 Å². The standard InChI is InChI=1S/C7HF15O3S.In.3H/c8-1(9,2(10,11)4(14,15)6(18,19)20)3(12,13)5(16,17)7(21,22)26(23,24)25;;;;/h(H,23,24,25);;;;. The topological polar surface area (TPSA) is 54.4 Å². The molecule has 0 bridgehead atoms. The quantitative estimate of drug-likeness (QED) is 0.397. The molecular weight excluding hydrogens is 564 g/mol. The van der Waals surface area contributed by atoms with Crippen LogP contribution in [0.25, 0.3) is 0 Å². The molecule has 0 spiro atoms. The van der Waals surface area contributed by atoms with Gasteiger partial charge in [0.25, 0.3) is 0 Å². The summed E-state index contributed by atoms with van der Waals surface area (Å²) in [4.78, 5) is 0. The van der Waals surface area contributed by atoms with Crippen molar-refractivity contribution in [2.75, 3.05) is 0 Å². The average molecular weight is 568 g/mol. The predicted octanol–water partition coefficient (Wildman–Crippen LogP) is 3.02. The van der Waals surface area contributed by atoms with Gasteiger partial charge in [0.1, 0.15) is 0 Å². The number of hydrogen-bond donors (Lipinski definition) is 1. The maximum atomic E-state index is 12.9. The molecular formula is C7H4F15InO3S. The summed E-state index contributed by atoms with van der Waals surface area (Å²) < 4.78 is 215. The predicted molar refractivity (Wildman–Crippen MR) is 57.2 cm³/mol. The van der Waals surface area contributed by atoms with Crippen molar-refractivity contribution >= 4 is 36.0 Å². The number of hydrogen-bond acceptors (Lipinski definition) is 2. The first-order valence-corrected chi connectivity index (χ1v) is 6.49. The van der Waals surface area contributed by atoms with Crippen LogP contribution in [0.2, 0.25) is 0 Å². The molecule has 0 aromatic rings. The van der Waals surface area contributed by atoms with Crippen LogP contribution in [-0.4, -0.2) is 79.9 Å². The van der Waals surface area contributed by atoms with Gasteiger partial charge in [0, 0.05) is 0 Å².